The van der Waals surface area contributed by atoms with Crippen molar-refractivity contribution < 1.29 is 4.79 Å². The predicted octanol–water partition coefficient (Wildman–Crippen LogP) is 1.97. The zero-order chi connectivity index (χ0) is 13.7. The summed E-state index contributed by atoms with van der Waals surface area (Å²) in [5, 5.41) is 9.69. The van der Waals surface area contributed by atoms with Crippen LogP contribution in [0.1, 0.15) is 23.8 Å². The summed E-state index contributed by atoms with van der Waals surface area (Å²) in [6.07, 6.45) is 0.755. The van der Waals surface area contributed by atoms with Crippen LogP contribution >= 0.6 is 12.4 Å². The Kier molecular flexibility index (Phi) is 6.21. The number of hydrogen-bond donors (Lipinski definition) is 3. The Bertz CT molecular complexity index is 539. The fourth-order valence-electron chi connectivity index (χ4n) is 1.70. The third-order valence-electron chi connectivity index (χ3n) is 2.78. The molecular weight excluding hydrogens is 276 g/mol. The normalized spacial score (nSPS) is 11.5. The highest BCUT2D eigenvalue weighted by atomic mass is 35.5. The number of benzene rings is 1. The van der Waals surface area contributed by atoms with Gasteiger partial charge in [-0.2, -0.15) is 5.10 Å². The lowest BCUT2D eigenvalue weighted by atomic mass is 10.1. The molecule has 0 radical (unpaired) electrons. The summed E-state index contributed by atoms with van der Waals surface area (Å²) in [6.45, 7) is 2.48. The molecule has 0 fully saturated rings. The van der Waals surface area contributed by atoms with Crippen LogP contribution in [0.5, 0.6) is 0 Å². The van der Waals surface area contributed by atoms with Crippen molar-refractivity contribution in [1.82, 2.24) is 15.5 Å². The van der Waals surface area contributed by atoms with Crippen LogP contribution in [0.15, 0.2) is 36.4 Å². The number of carbonyl (C=O) groups excluding carboxylic acids is 1. The van der Waals surface area contributed by atoms with E-state index in [0.717, 1.165) is 17.7 Å². The molecule has 0 spiro atoms. The molecular formula is C14H19ClN4O. The van der Waals surface area contributed by atoms with Gasteiger partial charge in [0, 0.05) is 18.2 Å². The fraction of sp³-hybridized carbons (Fsp3) is 0.286. The molecule has 6 heteroatoms. The van der Waals surface area contributed by atoms with E-state index in [1.807, 2.05) is 37.3 Å². The third-order valence-corrected chi connectivity index (χ3v) is 2.78. The average Bonchev–Trinajstić information content (AvgIpc) is 2.89. The maximum atomic E-state index is 11.8. The van der Waals surface area contributed by atoms with Gasteiger partial charge in [0.25, 0.3) is 5.91 Å². The Labute approximate surface area is 124 Å². The molecule has 2 rings (SSSR count). The number of nitrogens with two attached hydrogens (primary N) is 1. The van der Waals surface area contributed by atoms with Crippen LogP contribution < -0.4 is 11.1 Å². The molecule has 0 saturated carbocycles. The van der Waals surface area contributed by atoms with E-state index in [4.69, 9.17) is 5.73 Å². The minimum Gasteiger partial charge on any atom is -0.351 e. The van der Waals surface area contributed by atoms with Gasteiger partial charge in [0.2, 0.25) is 0 Å². The van der Waals surface area contributed by atoms with Crippen LogP contribution in [0.4, 0.5) is 0 Å². The highest BCUT2D eigenvalue weighted by Crippen LogP contribution is 2.16. The van der Waals surface area contributed by atoms with Crippen molar-refractivity contribution in [3.05, 3.63) is 42.1 Å². The molecule has 5 nitrogen and oxygen atoms in total. The largest absolute Gasteiger partial charge is 0.351 e. The number of nitrogens with zero attached hydrogens (tertiary/aromatic N) is 1. The SMILES string of the molecule is CC(N)CCNC(=O)c1cc(-c2ccccc2)n[nH]1.Cl. The Morgan fingerprint density at radius 3 is 2.75 bits per heavy atom. The van der Waals surface area contributed by atoms with E-state index in [2.05, 4.69) is 15.5 Å². The van der Waals surface area contributed by atoms with Gasteiger partial charge in [0.05, 0.1) is 5.69 Å². The molecule has 1 aromatic heterocycles. The van der Waals surface area contributed by atoms with Crippen LogP contribution in [0.25, 0.3) is 11.3 Å². The van der Waals surface area contributed by atoms with Crippen molar-refractivity contribution in [2.45, 2.75) is 19.4 Å². The molecule has 108 valence electrons. The molecule has 0 aliphatic rings. The van der Waals surface area contributed by atoms with Crippen LogP contribution in [0, 0.1) is 0 Å². The summed E-state index contributed by atoms with van der Waals surface area (Å²) in [6, 6.07) is 11.6. The van der Waals surface area contributed by atoms with Crippen LogP contribution in [0.3, 0.4) is 0 Å². The first-order chi connectivity index (χ1) is 9.16. The number of aromatic amines is 1. The molecule has 1 aromatic carbocycles. The molecule has 1 atom stereocenters. The summed E-state index contributed by atoms with van der Waals surface area (Å²) < 4.78 is 0. The van der Waals surface area contributed by atoms with E-state index in [9.17, 15) is 4.79 Å². The molecule has 0 aliphatic carbocycles. The van der Waals surface area contributed by atoms with Crippen molar-refractivity contribution in [2.75, 3.05) is 6.54 Å². The van der Waals surface area contributed by atoms with Crippen LogP contribution in [-0.4, -0.2) is 28.7 Å². The molecule has 0 bridgehead atoms. The topological polar surface area (TPSA) is 83.8 Å². The standard InChI is InChI=1S/C14H18N4O.ClH/c1-10(15)7-8-16-14(19)13-9-12(17-18-13)11-5-3-2-4-6-11;/h2-6,9-10H,7-8,15H2,1H3,(H,16,19)(H,17,18);1H. The molecule has 1 unspecified atom stereocenters. The summed E-state index contributed by atoms with van der Waals surface area (Å²) >= 11 is 0. The molecule has 1 heterocycles. The van der Waals surface area contributed by atoms with E-state index >= 15 is 0 Å². The fourth-order valence-corrected chi connectivity index (χ4v) is 1.70. The Morgan fingerprint density at radius 1 is 1.40 bits per heavy atom. The lowest BCUT2D eigenvalue weighted by molar-refractivity contribution is 0.0948. The minimum atomic E-state index is -0.157. The highest BCUT2D eigenvalue weighted by molar-refractivity contribution is 5.93. The van der Waals surface area contributed by atoms with Gasteiger partial charge in [-0.1, -0.05) is 30.3 Å². The van der Waals surface area contributed by atoms with Crippen molar-refractivity contribution in [2.24, 2.45) is 5.73 Å². The second kappa shape index (κ2) is 7.67. The number of amides is 1. The maximum Gasteiger partial charge on any atom is 0.269 e. The molecule has 0 aliphatic heterocycles. The maximum absolute atomic E-state index is 11.8. The lowest BCUT2D eigenvalue weighted by Crippen LogP contribution is -2.29. The Hall–Kier alpha value is -1.85. The van der Waals surface area contributed by atoms with Crippen LogP contribution in [0.2, 0.25) is 0 Å². The number of H-pyrrole nitrogens is 1. The Balaban J connectivity index is 0.00000200. The van der Waals surface area contributed by atoms with Crippen LogP contribution in [-0.2, 0) is 0 Å². The second-order valence-corrected chi connectivity index (χ2v) is 4.55. The van der Waals surface area contributed by atoms with Gasteiger partial charge < -0.3 is 11.1 Å². The number of rotatable bonds is 5. The number of hydrogen-bond acceptors (Lipinski definition) is 3. The van der Waals surface area contributed by atoms with Gasteiger partial charge in [0.1, 0.15) is 5.69 Å². The first-order valence-electron chi connectivity index (χ1n) is 6.31. The minimum absolute atomic E-state index is 0. The number of nitrogens with one attached hydrogen (secondary N) is 2. The van der Waals surface area contributed by atoms with Crippen molar-refractivity contribution >= 4 is 18.3 Å². The van der Waals surface area contributed by atoms with E-state index in [1.54, 1.807) is 6.07 Å². The van der Waals surface area contributed by atoms with E-state index in [0.29, 0.717) is 12.2 Å². The van der Waals surface area contributed by atoms with Crippen molar-refractivity contribution in [1.29, 1.82) is 0 Å². The first kappa shape index (κ1) is 16.2. The summed E-state index contributed by atoms with van der Waals surface area (Å²) in [4.78, 5) is 11.8. The molecule has 0 saturated heterocycles. The quantitative estimate of drug-likeness (QED) is 0.788. The zero-order valence-electron chi connectivity index (χ0n) is 11.3. The predicted molar refractivity (Wildman–Crippen MR) is 81.9 cm³/mol. The molecule has 20 heavy (non-hydrogen) atoms. The number of halogens is 1. The highest BCUT2D eigenvalue weighted by Gasteiger charge is 2.10. The summed E-state index contributed by atoms with van der Waals surface area (Å²) in [5.41, 5.74) is 7.83. The van der Waals surface area contributed by atoms with Gasteiger partial charge in [0.15, 0.2) is 0 Å². The molecule has 4 N–H and O–H groups in total. The van der Waals surface area contributed by atoms with Gasteiger partial charge >= 0.3 is 0 Å². The monoisotopic (exact) mass is 294 g/mol. The van der Waals surface area contributed by atoms with Crippen molar-refractivity contribution in [3.63, 3.8) is 0 Å². The number of carbonyl (C=O) groups is 1. The Morgan fingerprint density at radius 2 is 2.10 bits per heavy atom. The zero-order valence-corrected chi connectivity index (χ0v) is 12.1. The molecule has 2 aromatic rings. The van der Waals surface area contributed by atoms with E-state index in [-0.39, 0.29) is 24.4 Å². The first-order valence-corrected chi connectivity index (χ1v) is 6.31. The van der Waals surface area contributed by atoms with Gasteiger partial charge in [-0.15, -0.1) is 12.4 Å². The van der Waals surface area contributed by atoms with Gasteiger partial charge in [-0.25, -0.2) is 0 Å². The average molecular weight is 295 g/mol. The van der Waals surface area contributed by atoms with Gasteiger partial charge in [-0.3, -0.25) is 9.89 Å². The van der Waals surface area contributed by atoms with E-state index in [1.165, 1.54) is 0 Å². The van der Waals surface area contributed by atoms with Gasteiger partial charge in [-0.05, 0) is 19.4 Å². The summed E-state index contributed by atoms with van der Waals surface area (Å²) in [7, 11) is 0. The lowest BCUT2D eigenvalue weighted by Gasteiger charge is -2.05. The number of aromatic nitrogens is 2. The molecule has 1 amide bonds. The smallest absolute Gasteiger partial charge is 0.269 e. The van der Waals surface area contributed by atoms with E-state index < -0.39 is 0 Å². The summed E-state index contributed by atoms with van der Waals surface area (Å²) in [5.74, 6) is -0.157. The third kappa shape index (κ3) is 4.36. The second-order valence-electron chi connectivity index (χ2n) is 4.55. The van der Waals surface area contributed by atoms with Crippen molar-refractivity contribution in [3.8, 4) is 11.3 Å².